The van der Waals surface area contributed by atoms with Crippen molar-refractivity contribution in [1.29, 1.82) is 0 Å². The van der Waals surface area contributed by atoms with Crippen LogP contribution in [-0.4, -0.2) is 123 Å². The molecule has 2 saturated carbocycles. The monoisotopic (exact) mass is 1110 g/mol. The average molecular weight is 1110 g/mol. The second-order valence-electron chi connectivity index (χ2n) is 25.3. The number of Topliss-reactive ketones (excluding diaryl/α,β-unsaturated/α-hetero) is 1. The van der Waals surface area contributed by atoms with Gasteiger partial charge in [-0.1, -0.05) is 118 Å². The van der Waals surface area contributed by atoms with E-state index in [1.807, 2.05) is 58.0 Å². The molecule has 0 aromatic heterocycles. The van der Waals surface area contributed by atoms with Crippen LogP contribution in [0.3, 0.4) is 0 Å². The minimum Gasteiger partial charge on any atom is -0.464 e. The minimum absolute atomic E-state index is 0.0697. The summed E-state index contributed by atoms with van der Waals surface area (Å²) in [5.74, 6) is -3.85. The highest BCUT2D eigenvalue weighted by atomic mass is 28.4. The van der Waals surface area contributed by atoms with E-state index in [4.69, 9.17) is 37.3 Å². The SMILES string of the molecule is CCCCCCCC(OC=O)[C@H]1C2[C@](C)(C(=O)[C@H](O[Si](CC)(CC)CC)C3=C(C)[C@@H](OC(=O)[C@@H]4OC(C)(C)N(C(=O)OC(C)(C)C)[C@H]4c4ccccc4)C[C@]1(O)C3(C)C)[C@@H](O[Si](CC)(CC)CC)C[C@H]1OC[C@@]21OC(C)=O. The third-order valence-corrected chi connectivity index (χ3v) is 28.6. The van der Waals surface area contributed by atoms with E-state index < -0.39 is 123 Å². The van der Waals surface area contributed by atoms with Gasteiger partial charge in [-0.15, -0.1) is 0 Å². The van der Waals surface area contributed by atoms with Crippen molar-refractivity contribution in [3.63, 3.8) is 0 Å². The molecule has 12 atom stereocenters. The molecular weight excluding hydrogens is 1010 g/mol. The van der Waals surface area contributed by atoms with Gasteiger partial charge in [-0.05, 0) is 114 Å². The van der Waals surface area contributed by atoms with Gasteiger partial charge in [0.2, 0.25) is 0 Å². The van der Waals surface area contributed by atoms with Gasteiger partial charge in [0.25, 0.3) is 6.47 Å². The summed E-state index contributed by atoms with van der Waals surface area (Å²) in [5.41, 5.74) is -6.92. The fourth-order valence-corrected chi connectivity index (χ4v) is 20.3. The number of unbranched alkanes of at least 4 members (excludes halogenated alkanes) is 4. The maximum absolute atomic E-state index is 17.3. The van der Waals surface area contributed by atoms with E-state index in [0.29, 0.717) is 54.2 Å². The molecule has 2 bridgehead atoms. The van der Waals surface area contributed by atoms with Crippen molar-refractivity contribution < 1.29 is 66.4 Å². The number of benzene rings is 1. The maximum atomic E-state index is 17.3. The van der Waals surface area contributed by atoms with E-state index in [1.165, 1.54) is 11.8 Å². The quantitative estimate of drug-likeness (QED) is 0.0273. The van der Waals surface area contributed by atoms with Crippen molar-refractivity contribution in [3.8, 4) is 0 Å². The molecule has 17 heteroatoms. The summed E-state index contributed by atoms with van der Waals surface area (Å²) >= 11 is 0. The van der Waals surface area contributed by atoms with Crippen LogP contribution in [0.25, 0.3) is 0 Å². The lowest BCUT2D eigenvalue weighted by Crippen LogP contribution is -2.81. The summed E-state index contributed by atoms with van der Waals surface area (Å²) in [6.07, 6.45) is -2.25. The highest BCUT2D eigenvalue weighted by Crippen LogP contribution is 2.68. The molecule has 2 saturated heterocycles. The van der Waals surface area contributed by atoms with E-state index in [1.54, 1.807) is 34.6 Å². The zero-order valence-electron chi connectivity index (χ0n) is 50.0. The Morgan fingerprint density at radius 1 is 0.870 bits per heavy atom. The molecule has 1 N–H and O–H groups in total. The first-order chi connectivity index (χ1) is 36.1. The van der Waals surface area contributed by atoms with E-state index in [0.717, 1.165) is 43.8 Å². The smallest absolute Gasteiger partial charge is 0.413 e. The molecule has 2 unspecified atom stereocenters. The molecule has 1 amide bonds. The highest BCUT2D eigenvalue weighted by molar-refractivity contribution is 6.74. The highest BCUT2D eigenvalue weighted by Gasteiger charge is 2.79. The zero-order chi connectivity index (χ0) is 57.3. The third kappa shape index (κ3) is 11.5. The standard InChI is InChI=1S/C60H97NO14Si2/c1-18-25-26-27-31-34-42(69-38-62)47-51-58(17,44(74-76(19-2,20-3)21-4)35-45-59(51,37-68-45)71-40(9)63)52(64)49(75-77(22-5,23-6)24-7)46-39(8)43(36-60(47,67)56(46,13)14)70-53(65)50-48(41-32-29-28-30-33-41)61(57(15,16)72-50)54(66)73-55(10,11)12/h28-30,32-33,38,42-45,47-51,67H,18-27,31,34-37H2,1-17H3/t42?,43-,44-,45+,47-,48-,49+,50+,51?,58+,59-,60+/m0/s1. The summed E-state index contributed by atoms with van der Waals surface area (Å²) in [6, 6.07) is 12.6. The van der Waals surface area contributed by atoms with Gasteiger partial charge in [-0.3, -0.25) is 19.3 Å². The summed E-state index contributed by atoms with van der Waals surface area (Å²) in [5, 5.41) is 14.9. The van der Waals surface area contributed by atoms with Crippen molar-refractivity contribution in [2.75, 3.05) is 6.61 Å². The van der Waals surface area contributed by atoms with Gasteiger partial charge in [-0.2, -0.15) is 0 Å². The van der Waals surface area contributed by atoms with Crippen LogP contribution in [0.5, 0.6) is 0 Å². The lowest BCUT2D eigenvalue weighted by atomic mass is 9.41. The first kappa shape index (κ1) is 62.7. The normalized spacial score (nSPS) is 32.2. The molecule has 3 aliphatic carbocycles. The van der Waals surface area contributed by atoms with Crippen molar-refractivity contribution in [1.82, 2.24) is 4.90 Å². The number of aliphatic hydroxyl groups is 1. The van der Waals surface area contributed by atoms with Gasteiger partial charge in [-0.25, -0.2) is 9.59 Å². The van der Waals surface area contributed by atoms with Crippen molar-refractivity contribution in [2.45, 2.75) is 271 Å². The number of rotatable bonds is 23. The number of hydrogen-bond acceptors (Lipinski definition) is 14. The summed E-state index contributed by atoms with van der Waals surface area (Å²) < 4.78 is 54.3. The Morgan fingerprint density at radius 2 is 1.45 bits per heavy atom. The van der Waals surface area contributed by atoms with Crippen LogP contribution in [-0.2, 0) is 56.5 Å². The maximum Gasteiger partial charge on any atom is 0.413 e. The molecule has 0 spiro atoms. The number of carbonyl (C=O) groups is 5. The fourth-order valence-electron chi connectivity index (χ4n) is 14.6. The number of nitrogens with zero attached hydrogens (tertiary/aromatic N) is 1. The lowest BCUT2D eigenvalue weighted by Gasteiger charge is -2.70. The van der Waals surface area contributed by atoms with Crippen molar-refractivity contribution in [2.24, 2.45) is 22.7 Å². The summed E-state index contributed by atoms with van der Waals surface area (Å²) in [6.45, 7) is 33.0. The molecule has 434 valence electrons. The Labute approximate surface area is 463 Å². The van der Waals surface area contributed by atoms with Crippen molar-refractivity contribution in [3.05, 3.63) is 47.0 Å². The topological polar surface area (TPSA) is 183 Å². The Kier molecular flexibility index (Phi) is 19.5. The molecular formula is C60H97NO14Si2. The molecule has 6 rings (SSSR count). The predicted molar refractivity (Wildman–Crippen MR) is 300 cm³/mol. The molecule has 0 radical (unpaired) electrons. The van der Waals surface area contributed by atoms with Crippen LogP contribution in [0.2, 0.25) is 36.3 Å². The van der Waals surface area contributed by atoms with E-state index >= 15 is 9.59 Å². The largest absolute Gasteiger partial charge is 0.464 e. The molecule has 4 fully saturated rings. The van der Waals surface area contributed by atoms with Crippen LogP contribution < -0.4 is 0 Å². The van der Waals surface area contributed by atoms with Crippen LogP contribution in [0.15, 0.2) is 41.5 Å². The number of ether oxygens (including phenoxy) is 6. The Bertz CT molecular complexity index is 2280. The molecule has 1 aromatic carbocycles. The first-order valence-corrected chi connectivity index (χ1v) is 34.3. The van der Waals surface area contributed by atoms with E-state index in [-0.39, 0.29) is 25.2 Å². The second-order valence-corrected chi connectivity index (χ2v) is 34.7. The summed E-state index contributed by atoms with van der Waals surface area (Å²) in [4.78, 5) is 75.5. The van der Waals surface area contributed by atoms with Crippen LogP contribution in [0, 0.1) is 22.7 Å². The predicted octanol–water partition coefficient (Wildman–Crippen LogP) is 12.1. The zero-order valence-corrected chi connectivity index (χ0v) is 52.0. The number of hydrogen-bond donors (Lipinski definition) is 1. The molecule has 2 aliphatic heterocycles. The Morgan fingerprint density at radius 3 is 1.97 bits per heavy atom. The molecule has 77 heavy (non-hydrogen) atoms. The fraction of sp³-hybridized carbons (Fsp3) is 0.783. The number of esters is 2. The molecule has 2 heterocycles. The van der Waals surface area contributed by atoms with Crippen LogP contribution in [0.4, 0.5) is 4.79 Å². The van der Waals surface area contributed by atoms with Crippen LogP contribution >= 0.6 is 0 Å². The molecule has 1 aromatic rings. The van der Waals surface area contributed by atoms with Gasteiger partial charge < -0.3 is 42.4 Å². The molecule has 15 nitrogen and oxygen atoms in total. The van der Waals surface area contributed by atoms with Gasteiger partial charge in [0, 0.05) is 37.0 Å². The first-order valence-electron chi connectivity index (χ1n) is 29.3. The van der Waals surface area contributed by atoms with Gasteiger partial charge in [0.1, 0.15) is 41.8 Å². The number of amides is 1. The minimum atomic E-state index is -2.78. The van der Waals surface area contributed by atoms with E-state index in [2.05, 4.69) is 48.5 Å². The second kappa shape index (κ2) is 23.9. The van der Waals surface area contributed by atoms with Crippen molar-refractivity contribution >= 4 is 46.9 Å². The Balaban J connectivity index is 1.69. The van der Waals surface area contributed by atoms with Gasteiger partial charge >= 0.3 is 18.0 Å². The average Bonchev–Trinajstić information content (AvgIpc) is 3.70. The Hall–Kier alpha value is -3.46. The summed E-state index contributed by atoms with van der Waals surface area (Å²) in [7, 11) is -5.34. The number of carbonyl (C=O) groups excluding carboxylic acids is 5. The lowest BCUT2D eigenvalue weighted by molar-refractivity contribution is -0.345. The number of fused-ring (bicyclic) bond motifs is 5. The third-order valence-electron chi connectivity index (χ3n) is 19.4. The van der Waals surface area contributed by atoms with Gasteiger partial charge in [0.15, 0.2) is 34.1 Å². The van der Waals surface area contributed by atoms with Gasteiger partial charge in [0.05, 0.1) is 23.7 Å². The molecule has 5 aliphatic rings. The van der Waals surface area contributed by atoms with Crippen LogP contribution in [0.1, 0.15) is 181 Å². The van der Waals surface area contributed by atoms with E-state index in [9.17, 15) is 19.5 Å². The number of ketones is 1.